The van der Waals surface area contributed by atoms with E-state index in [4.69, 9.17) is 0 Å². The Balaban J connectivity index is 1.23. The lowest BCUT2D eigenvalue weighted by Gasteiger charge is -2.19. The van der Waals surface area contributed by atoms with Crippen molar-refractivity contribution in [3.05, 3.63) is 40.7 Å². The lowest BCUT2D eigenvalue weighted by atomic mass is 10.2. The molecule has 1 N–H and O–H groups in total. The van der Waals surface area contributed by atoms with Crippen molar-refractivity contribution >= 4 is 27.9 Å². The minimum atomic E-state index is 0.0650. The van der Waals surface area contributed by atoms with E-state index >= 15 is 0 Å². The molecule has 0 radical (unpaired) electrons. The third-order valence-corrected chi connectivity index (χ3v) is 5.40. The molecule has 8 heteroatoms. The lowest BCUT2D eigenvalue weighted by Crippen LogP contribution is -2.34. The first kappa shape index (κ1) is 16.0. The van der Waals surface area contributed by atoms with Crippen molar-refractivity contribution in [1.82, 2.24) is 25.1 Å². The number of fused-ring (bicyclic) bond motifs is 2. The molecule has 0 saturated carbocycles. The van der Waals surface area contributed by atoms with Crippen molar-refractivity contribution in [2.75, 3.05) is 24.5 Å². The standard InChI is InChI=1S/C17H20N6OS/c1-12-19-20-17-23(12)21-16(25-17)7-6-15(24)18-9-11-22-10-8-13-4-2-3-5-14(13)22/h2-5H,6-11H2,1H3,(H,18,24). The zero-order valence-corrected chi connectivity index (χ0v) is 14.9. The fourth-order valence-corrected chi connectivity index (χ4v) is 4.01. The topological polar surface area (TPSA) is 75.4 Å². The van der Waals surface area contributed by atoms with Gasteiger partial charge in [-0.2, -0.15) is 9.61 Å². The summed E-state index contributed by atoms with van der Waals surface area (Å²) in [5.41, 5.74) is 2.69. The molecule has 1 amide bonds. The van der Waals surface area contributed by atoms with Crippen molar-refractivity contribution in [1.29, 1.82) is 0 Å². The first-order chi connectivity index (χ1) is 12.2. The Kier molecular flexibility index (Phi) is 4.35. The molecule has 7 nitrogen and oxygen atoms in total. The van der Waals surface area contributed by atoms with Crippen LogP contribution in [-0.4, -0.2) is 45.4 Å². The van der Waals surface area contributed by atoms with Gasteiger partial charge in [0.2, 0.25) is 10.9 Å². The van der Waals surface area contributed by atoms with Gasteiger partial charge < -0.3 is 10.2 Å². The molecule has 1 aliphatic rings. The summed E-state index contributed by atoms with van der Waals surface area (Å²) < 4.78 is 1.72. The van der Waals surface area contributed by atoms with Crippen LogP contribution in [0.2, 0.25) is 0 Å². The highest BCUT2D eigenvalue weighted by Crippen LogP contribution is 2.26. The monoisotopic (exact) mass is 356 g/mol. The van der Waals surface area contributed by atoms with E-state index in [2.05, 4.69) is 49.8 Å². The van der Waals surface area contributed by atoms with Gasteiger partial charge in [-0.25, -0.2) is 0 Å². The van der Waals surface area contributed by atoms with Gasteiger partial charge >= 0.3 is 0 Å². The van der Waals surface area contributed by atoms with Gasteiger partial charge in [-0.3, -0.25) is 4.79 Å². The highest BCUT2D eigenvalue weighted by atomic mass is 32.1. The molecule has 0 aliphatic carbocycles. The number of nitrogens with one attached hydrogen (secondary N) is 1. The summed E-state index contributed by atoms with van der Waals surface area (Å²) in [6, 6.07) is 8.48. The molecule has 0 atom stereocenters. The SMILES string of the molecule is Cc1nnc2sc(CCC(=O)NCCN3CCc4ccccc43)nn12. The molecule has 3 aromatic rings. The summed E-state index contributed by atoms with van der Waals surface area (Å²) in [7, 11) is 0. The molecule has 0 fully saturated rings. The Morgan fingerprint density at radius 1 is 1.32 bits per heavy atom. The van der Waals surface area contributed by atoms with E-state index in [9.17, 15) is 4.79 Å². The second kappa shape index (κ2) is 6.79. The molecule has 25 heavy (non-hydrogen) atoms. The van der Waals surface area contributed by atoms with E-state index in [0.29, 0.717) is 19.4 Å². The Morgan fingerprint density at radius 2 is 2.20 bits per heavy atom. The quantitative estimate of drug-likeness (QED) is 0.726. The molecule has 0 spiro atoms. The number of amides is 1. The molecule has 0 saturated heterocycles. The average Bonchev–Trinajstić information content (AvgIpc) is 3.30. The van der Waals surface area contributed by atoms with Crippen LogP contribution < -0.4 is 10.2 Å². The summed E-state index contributed by atoms with van der Waals surface area (Å²) in [5, 5.41) is 16.4. The summed E-state index contributed by atoms with van der Waals surface area (Å²) in [6.07, 6.45) is 2.16. The normalized spacial score (nSPS) is 13.4. The van der Waals surface area contributed by atoms with Gasteiger partial charge in [0.25, 0.3) is 0 Å². The summed E-state index contributed by atoms with van der Waals surface area (Å²) in [5.74, 6) is 0.836. The minimum Gasteiger partial charge on any atom is -0.369 e. The van der Waals surface area contributed by atoms with Gasteiger partial charge in [0.05, 0.1) is 0 Å². The van der Waals surface area contributed by atoms with Crippen LogP contribution >= 0.6 is 11.3 Å². The number of benzene rings is 1. The number of hydrogen-bond acceptors (Lipinski definition) is 6. The molecule has 1 aromatic carbocycles. The number of carbonyl (C=O) groups excluding carboxylic acids is 1. The van der Waals surface area contributed by atoms with Crippen LogP contribution in [-0.2, 0) is 17.6 Å². The van der Waals surface area contributed by atoms with E-state index in [1.807, 2.05) is 6.92 Å². The van der Waals surface area contributed by atoms with Crippen LogP contribution in [0, 0.1) is 6.92 Å². The Morgan fingerprint density at radius 3 is 3.08 bits per heavy atom. The van der Waals surface area contributed by atoms with Crippen molar-refractivity contribution < 1.29 is 4.79 Å². The minimum absolute atomic E-state index is 0.0650. The van der Waals surface area contributed by atoms with Gasteiger partial charge in [-0.05, 0) is 25.0 Å². The molecule has 0 unspecified atom stereocenters. The number of nitrogens with zero attached hydrogens (tertiary/aromatic N) is 5. The zero-order chi connectivity index (χ0) is 17.2. The summed E-state index contributed by atoms with van der Waals surface area (Å²) in [4.78, 5) is 15.2. The molecule has 1 aliphatic heterocycles. The fourth-order valence-electron chi connectivity index (χ4n) is 3.13. The van der Waals surface area contributed by atoms with Crippen molar-refractivity contribution in [3.63, 3.8) is 0 Å². The van der Waals surface area contributed by atoms with Gasteiger partial charge in [0.15, 0.2) is 5.82 Å². The fraction of sp³-hybridized carbons (Fsp3) is 0.412. The van der Waals surface area contributed by atoms with E-state index in [1.165, 1.54) is 22.6 Å². The highest BCUT2D eigenvalue weighted by Gasteiger charge is 2.17. The third-order valence-electron chi connectivity index (χ3n) is 4.44. The Labute approximate surface area is 149 Å². The van der Waals surface area contributed by atoms with Crippen LogP contribution in [0.3, 0.4) is 0 Å². The lowest BCUT2D eigenvalue weighted by molar-refractivity contribution is -0.120. The third kappa shape index (κ3) is 3.34. The molecule has 2 aromatic heterocycles. The van der Waals surface area contributed by atoms with Gasteiger partial charge in [-0.15, -0.1) is 10.2 Å². The molecule has 3 heterocycles. The maximum Gasteiger partial charge on any atom is 0.234 e. The first-order valence-corrected chi connectivity index (χ1v) is 9.29. The van der Waals surface area contributed by atoms with Crippen molar-refractivity contribution in [2.45, 2.75) is 26.2 Å². The van der Waals surface area contributed by atoms with E-state index in [0.717, 1.165) is 35.3 Å². The maximum absolute atomic E-state index is 12.1. The number of rotatable bonds is 6. The average molecular weight is 356 g/mol. The molecule has 130 valence electrons. The molecule has 4 rings (SSSR count). The smallest absolute Gasteiger partial charge is 0.234 e. The summed E-state index contributed by atoms with van der Waals surface area (Å²) >= 11 is 1.49. The van der Waals surface area contributed by atoms with Crippen LogP contribution in [0.5, 0.6) is 0 Å². The van der Waals surface area contributed by atoms with E-state index in [1.54, 1.807) is 4.52 Å². The molecule has 0 bridgehead atoms. The van der Waals surface area contributed by atoms with E-state index in [-0.39, 0.29) is 5.91 Å². The van der Waals surface area contributed by atoms with Crippen molar-refractivity contribution in [3.8, 4) is 0 Å². The second-order valence-corrected chi connectivity index (χ2v) is 7.19. The van der Waals surface area contributed by atoms with Crippen LogP contribution in [0.4, 0.5) is 5.69 Å². The predicted molar refractivity (Wildman–Crippen MR) is 97.1 cm³/mol. The Hall–Kier alpha value is -2.48. The molecular weight excluding hydrogens is 336 g/mol. The zero-order valence-electron chi connectivity index (χ0n) is 14.1. The highest BCUT2D eigenvalue weighted by molar-refractivity contribution is 7.16. The largest absolute Gasteiger partial charge is 0.369 e. The predicted octanol–water partition coefficient (Wildman–Crippen LogP) is 1.61. The first-order valence-electron chi connectivity index (χ1n) is 8.48. The number of carbonyl (C=O) groups is 1. The second-order valence-electron chi connectivity index (χ2n) is 6.15. The number of hydrogen-bond donors (Lipinski definition) is 1. The number of anilines is 1. The van der Waals surface area contributed by atoms with Gasteiger partial charge in [0, 0.05) is 38.2 Å². The van der Waals surface area contributed by atoms with Crippen LogP contribution in [0.1, 0.15) is 22.8 Å². The van der Waals surface area contributed by atoms with Crippen LogP contribution in [0.25, 0.3) is 4.96 Å². The molecular formula is C17H20N6OS. The summed E-state index contributed by atoms with van der Waals surface area (Å²) in [6.45, 7) is 4.41. The Bertz CT molecular complexity index is 902. The maximum atomic E-state index is 12.1. The van der Waals surface area contributed by atoms with Gasteiger partial charge in [0.1, 0.15) is 5.01 Å². The van der Waals surface area contributed by atoms with Crippen molar-refractivity contribution in [2.24, 2.45) is 0 Å². The van der Waals surface area contributed by atoms with Gasteiger partial charge in [-0.1, -0.05) is 29.5 Å². The number of aryl methyl sites for hydroxylation is 2. The number of para-hydroxylation sites is 1. The van der Waals surface area contributed by atoms with E-state index < -0.39 is 0 Å². The van der Waals surface area contributed by atoms with Crippen LogP contribution in [0.15, 0.2) is 24.3 Å². The number of aromatic nitrogens is 4.